The smallest absolute Gasteiger partial charge is 0.0863 e. The van der Waals surface area contributed by atoms with Crippen LogP contribution < -0.4 is 21.3 Å². The first kappa shape index (κ1) is 23.4. The molecule has 0 atom stereocenters. The molecule has 174 valence electrons. The first-order chi connectivity index (χ1) is 16.3. The molecule has 4 N–H and O–H groups in total. The Morgan fingerprint density at radius 2 is 0.912 bits per heavy atom. The number of nitrogen functional groups attached to an aromatic ring is 2. The minimum absolute atomic E-state index is 0.598. The fraction of sp³-hybridized carbons (Fsp3) is 0.143. The normalized spacial score (nSPS) is 11.0. The summed E-state index contributed by atoms with van der Waals surface area (Å²) in [6.45, 7) is 0. The lowest BCUT2D eigenvalue weighted by molar-refractivity contribution is 0.683. The van der Waals surface area contributed by atoms with Gasteiger partial charge >= 0.3 is 0 Å². The summed E-state index contributed by atoms with van der Waals surface area (Å²) in [5.74, 6) is 0. The highest BCUT2D eigenvalue weighted by atomic mass is 32.2. The number of hydrogen-bond acceptors (Lipinski definition) is 5. The van der Waals surface area contributed by atoms with E-state index < -0.39 is 10.8 Å². The van der Waals surface area contributed by atoms with E-state index in [1.54, 1.807) is 0 Å². The minimum Gasteiger partial charge on any atom is -0.397 e. The van der Waals surface area contributed by atoms with Gasteiger partial charge in [0.05, 0.1) is 43.3 Å². The molecule has 5 nitrogen and oxygen atoms in total. The molecule has 34 heavy (non-hydrogen) atoms. The summed E-state index contributed by atoms with van der Waals surface area (Å²) >= 11 is 0. The van der Waals surface area contributed by atoms with Crippen molar-refractivity contribution in [2.45, 2.75) is 9.79 Å². The van der Waals surface area contributed by atoms with Crippen LogP contribution in [-0.2, 0) is 10.8 Å². The highest BCUT2D eigenvalue weighted by Crippen LogP contribution is 2.43. The molecule has 0 heterocycles. The molecule has 0 amide bonds. The van der Waals surface area contributed by atoms with Crippen molar-refractivity contribution >= 4 is 33.5 Å². The predicted molar refractivity (Wildman–Crippen MR) is 146 cm³/mol. The van der Waals surface area contributed by atoms with E-state index in [4.69, 9.17) is 11.5 Å². The summed E-state index contributed by atoms with van der Waals surface area (Å²) < 4.78 is 14.3. The molecule has 0 fully saturated rings. The molecule has 0 unspecified atom stereocenters. The van der Waals surface area contributed by atoms with Gasteiger partial charge in [-0.05, 0) is 35.4 Å². The standard InChI is InChI=1S/C28H30N4OS/c1-31(2)21-15-17-23(25(27(21)29)19-11-7-5-8-12-19)34(33)24-18-16-22(32(3)4)28(30)26(24)20-13-9-6-10-14-20/h5-18H,29-30H2,1-4H3. The van der Waals surface area contributed by atoms with E-state index in [0.717, 1.165) is 33.6 Å². The van der Waals surface area contributed by atoms with Gasteiger partial charge in [0, 0.05) is 39.3 Å². The van der Waals surface area contributed by atoms with Crippen LogP contribution in [0.25, 0.3) is 22.3 Å². The second-order valence-electron chi connectivity index (χ2n) is 8.53. The van der Waals surface area contributed by atoms with Crippen molar-refractivity contribution in [1.82, 2.24) is 0 Å². The van der Waals surface area contributed by atoms with Crippen LogP contribution >= 0.6 is 0 Å². The molecule has 0 aliphatic rings. The van der Waals surface area contributed by atoms with Crippen LogP contribution in [-0.4, -0.2) is 32.4 Å². The van der Waals surface area contributed by atoms with Crippen molar-refractivity contribution < 1.29 is 4.21 Å². The number of anilines is 4. The van der Waals surface area contributed by atoms with Crippen molar-refractivity contribution in [2.75, 3.05) is 49.5 Å². The maximum atomic E-state index is 14.3. The molecule has 4 aromatic rings. The molecular formula is C28H30N4OS. The molecule has 0 aliphatic heterocycles. The van der Waals surface area contributed by atoms with Gasteiger partial charge in [0.1, 0.15) is 0 Å². The Balaban J connectivity index is 1.99. The van der Waals surface area contributed by atoms with Gasteiger partial charge < -0.3 is 21.3 Å². The van der Waals surface area contributed by atoms with Crippen LogP contribution in [0, 0.1) is 0 Å². The summed E-state index contributed by atoms with van der Waals surface area (Å²) in [6, 6.07) is 27.4. The van der Waals surface area contributed by atoms with E-state index >= 15 is 0 Å². The third-order valence-electron chi connectivity index (χ3n) is 5.86. The van der Waals surface area contributed by atoms with Gasteiger partial charge in [-0.1, -0.05) is 60.7 Å². The largest absolute Gasteiger partial charge is 0.397 e. The second-order valence-corrected chi connectivity index (χ2v) is 9.95. The summed E-state index contributed by atoms with van der Waals surface area (Å²) in [7, 11) is 6.27. The van der Waals surface area contributed by atoms with Gasteiger partial charge in [0.25, 0.3) is 0 Å². The summed E-state index contributed by atoms with van der Waals surface area (Å²) in [5, 5.41) is 0. The highest BCUT2D eigenvalue weighted by molar-refractivity contribution is 7.85. The maximum Gasteiger partial charge on any atom is 0.0863 e. The van der Waals surface area contributed by atoms with Crippen LogP contribution in [0.4, 0.5) is 22.7 Å². The molecule has 0 bridgehead atoms. The number of hydrogen-bond donors (Lipinski definition) is 2. The van der Waals surface area contributed by atoms with E-state index in [9.17, 15) is 4.21 Å². The molecular weight excluding hydrogens is 440 g/mol. The third-order valence-corrected chi connectivity index (χ3v) is 7.34. The molecule has 6 heteroatoms. The summed E-state index contributed by atoms with van der Waals surface area (Å²) in [6.07, 6.45) is 0. The Bertz CT molecular complexity index is 1230. The topological polar surface area (TPSA) is 75.6 Å². The van der Waals surface area contributed by atoms with Crippen LogP contribution in [0.1, 0.15) is 0 Å². The molecule has 0 saturated heterocycles. The molecule has 0 aromatic heterocycles. The van der Waals surface area contributed by atoms with E-state index in [-0.39, 0.29) is 0 Å². The van der Waals surface area contributed by atoms with E-state index in [2.05, 4.69) is 0 Å². The van der Waals surface area contributed by atoms with Crippen LogP contribution in [0.5, 0.6) is 0 Å². The van der Waals surface area contributed by atoms with E-state index in [0.29, 0.717) is 21.2 Å². The lowest BCUT2D eigenvalue weighted by Gasteiger charge is -2.23. The Morgan fingerprint density at radius 3 is 1.24 bits per heavy atom. The van der Waals surface area contributed by atoms with Crippen molar-refractivity contribution in [3.63, 3.8) is 0 Å². The van der Waals surface area contributed by atoms with Gasteiger partial charge in [-0.25, -0.2) is 4.21 Å². The highest BCUT2D eigenvalue weighted by Gasteiger charge is 2.24. The zero-order valence-electron chi connectivity index (χ0n) is 19.9. The third kappa shape index (κ3) is 4.24. The quantitative estimate of drug-likeness (QED) is 0.365. The van der Waals surface area contributed by atoms with Gasteiger partial charge in [-0.2, -0.15) is 0 Å². The number of rotatable bonds is 6. The number of nitrogens with two attached hydrogens (primary N) is 2. The molecule has 0 aliphatic carbocycles. The molecule has 4 rings (SSSR count). The van der Waals surface area contributed by atoms with Crippen molar-refractivity contribution in [3.8, 4) is 22.3 Å². The molecule has 0 spiro atoms. The van der Waals surface area contributed by atoms with Gasteiger partial charge in [0.15, 0.2) is 0 Å². The van der Waals surface area contributed by atoms with Gasteiger partial charge in [-0.3, -0.25) is 0 Å². The average molecular weight is 471 g/mol. The van der Waals surface area contributed by atoms with Crippen LogP contribution in [0.2, 0.25) is 0 Å². The average Bonchev–Trinajstić information content (AvgIpc) is 2.83. The Hall–Kier alpha value is -3.77. The lowest BCUT2D eigenvalue weighted by atomic mass is 10.0. The Labute approximate surface area is 204 Å². The zero-order valence-corrected chi connectivity index (χ0v) is 20.8. The number of benzene rings is 4. The Kier molecular flexibility index (Phi) is 6.61. The van der Waals surface area contributed by atoms with Crippen molar-refractivity contribution in [1.29, 1.82) is 0 Å². The predicted octanol–water partition coefficient (Wildman–Crippen LogP) is 5.48. The zero-order chi connectivity index (χ0) is 24.4. The van der Waals surface area contributed by atoms with E-state index in [1.165, 1.54) is 0 Å². The maximum absolute atomic E-state index is 14.3. The first-order valence-electron chi connectivity index (χ1n) is 11.0. The fourth-order valence-corrected chi connectivity index (χ4v) is 5.64. The minimum atomic E-state index is -1.53. The van der Waals surface area contributed by atoms with Crippen LogP contribution in [0.3, 0.4) is 0 Å². The Morgan fingerprint density at radius 1 is 0.559 bits per heavy atom. The summed E-state index contributed by atoms with van der Waals surface area (Å²) in [5.41, 5.74) is 19.7. The molecule has 0 radical (unpaired) electrons. The monoisotopic (exact) mass is 470 g/mol. The number of nitrogens with zero attached hydrogens (tertiary/aromatic N) is 2. The SMILES string of the molecule is CN(C)c1ccc(S(=O)c2ccc(N(C)C)c(N)c2-c2ccccc2)c(-c2ccccc2)c1N. The summed E-state index contributed by atoms with van der Waals surface area (Å²) in [4.78, 5) is 5.24. The lowest BCUT2D eigenvalue weighted by Crippen LogP contribution is -2.14. The second kappa shape index (κ2) is 9.61. The molecule has 4 aromatic carbocycles. The van der Waals surface area contributed by atoms with Crippen molar-refractivity contribution in [2.24, 2.45) is 0 Å². The van der Waals surface area contributed by atoms with Crippen LogP contribution in [0.15, 0.2) is 94.7 Å². The van der Waals surface area contributed by atoms with Crippen molar-refractivity contribution in [3.05, 3.63) is 84.9 Å². The van der Waals surface area contributed by atoms with Gasteiger partial charge in [0.2, 0.25) is 0 Å². The fourth-order valence-electron chi connectivity index (χ4n) is 4.19. The van der Waals surface area contributed by atoms with E-state index in [1.807, 2.05) is 123 Å². The first-order valence-corrected chi connectivity index (χ1v) is 12.2. The molecule has 0 saturated carbocycles. The van der Waals surface area contributed by atoms with Gasteiger partial charge in [-0.15, -0.1) is 0 Å².